The molecule has 1 N–H and O–H groups in total. The summed E-state index contributed by atoms with van der Waals surface area (Å²) in [7, 11) is 1.88. The maximum absolute atomic E-state index is 5.65. The van der Waals surface area contributed by atoms with Crippen molar-refractivity contribution in [2.75, 3.05) is 25.0 Å². The van der Waals surface area contributed by atoms with Gasteiger partial charge in [0.05, 0.1) is 6.54 Å². The van der Waals surface area contributed by atoms with E-state index in [0.717, 1.165) is 13.1 Å². The van der Waals surface area contributed by atoms with E-state index in [1.54, 1.807) is 0 Å². The first-order valence-corrected chi connectivity index (χ1v) is 6.53. The number of nitrogens with one attached hydrogen (secondary N) is 1. The van der Waals surface area contributed by atoms with Crippen molar-refractivity contribution in [3.05, 3.63) is 5.89 Å². The van der Waals surface area contributed by atoms with Crippen LogP contribution < -0.4 is 10.2 Å². The van der Waals surface area contributed by atoms with Crippen LogP contribution >= 0.6 is 0 Å². The predicted octanol–water partition coefficient (Wildman–Crippen LogP) is 1.56. The van der Waals surface area contributed by atoms with Crippen molar-refractivity contribution in [1.29, 1.82) is 0 Å². The average Bonchev–Trinajstić information content (AvgIpc) is 3.03. The minimum atomic E-state index is 0.553. The zero-order valence-electron chi connectivity index (χ0n) is 10.4. The zero-order chi connectivity index (χ0) is 11.7. The van der Waals surface area contributed by atoms with Crippen LogP contribution in [0.5, 0.6) is 0 Å². The van der Waals surface area contributed by atoms with Gasteiger partial charge in [-0.05, 0) is 31.7 Å². The molecule has 2 heterocycles. The Hall–Kier alpha value is -1.10. The molecule has 0 radical (unpaired) electrons. The average molecular weight is 236 g/mol. The van der Waals surface area contributed by atoms with Gasteiger partial charge in [0.2, 0.25) is 5.89 Å². The molecule has 1 aliphatic carbocycles. The molecule has 5 nitrogen and oxygen atoms in total. The molecule has 1 aliphatic heterocycles. The molecule has 2 fully saturated rings. The van der Waals surface area contributed by atoms with Crippen LogP contribution in [0.2, 0.25) is 0 Å². The lowest BCUT2D eigenvalue weighted by Crippen LogP contribution is -2.25. The fourth-order valence-corrected chi connectivity index (χ4v) is 3.23. The third-order valence-electron chi connectivity index (χ3n) is 4.16. The summed E-state index contributed by atoms with van der Waals surface area (Å²) in [6.45, 7) is 2.82. The molecule has 0 aromatic carbocycles. The second kappa shape index (κ2) is 4.29. The summed E-state index contributed by atoms with van der Waals surface area (Å²) in [5.74, 6) is 0.676. The van der Waals surface area contributed by atoms with Crippen molar-refractivity contribution in [3.63, 3.8) is 0 Å². The van der Waals surface area contributed by atoms with Gasteiger partial charge in [-0.1, -0.05) is 17.9 Å². The highest BCUT2D eigenvalue weighted by Crippen LogP contribution is 2.46. The molecular formula is C12H20N4O. The fourth-order valence-electron chi connectivity index (χ4n) is 3.23. The lowest BCUT2D eigenvalue weighted by Gasteiger charge is -2.22. The van der Waals surface area contributed by atoms with E-state index < -0.39 is 0 Å². The standard InChI is InChI=1S/C12H20N4O/c1-13-8-10-14-15-11(17-10)16-7-6-12(9-16)4-2-3-5-12/h13H,2-9H2,1H3. The Morgan fingerprint density at radius 2 is 2.12 bits per heavy atom. The third-order valence-corrected chi connectivity index (χ3v) is 4.16. The monoisotopic (exact) mass is 236 g/mol. The van der Waals surface area contributed by atoms with Crippen LogP contribution in [0.1, 0.15) is 38.0 Å². The van der Waals surface area contributed by atoms with Crippen LogP contribution in [-0.2, 0) is 6.54 Å². The maximum Gasteiger partial charge on any atom is 0.318 e. The largest absolute Gasteiger partial charge is 0.407 e. The third kappa shape index (κ3) is 2.04. The molecule has 1 spiro atoms. The van der Waals surface area contributed by atoms with Crippen LogP contribution in [0, 0.1) is 5.41 Å². The molecular weight excluding hydrogens is 216 g/mol. The Morgan fingerprint density at radius 1 is 1.29 bits per heavy atom. The van der Waals surface area contributed by atoms with Crippen molar-refractivity contribution in [1.82, 2.24) is 15.5 Å². The lowest BCUT2D eigenvalue weighted by molar-refractivity contribution is 0.338. The van der Waals surface area contributed by atoms with Crippen molar-refractivity contribution >= 4 is 6.01 Å². The molecule has 0 unspecified atom stereocenters. The Kier molecular flexibility index (Phi) is 2.78. The highest BCUT2D eigenvalue weighted by Gasteiger charge is 2.41. The van der Waals surface area contributed by atoms with E-state index in [4.69, 9.17) is 4.42 Å². The van der Waals surface area contributed by atoms with Gasteiger partial charge in [0.1, 0.15) is 0 Å². The summed E-state index contributed by atoms with van der Waals surface area (Å²) in [5.41, 5.74) is 0.553. The van der Waals surface area contributed by atoms with E-state index >= 15 is 0 Å². The first-order chi connectivity index (χ1) is 8.31. The van der Waals surface area contributed by atoms with E-state index in [2.05, 4.69) is 20.4 Å². The smallest absolute Gasteiger partial charge is 0.318 e. The molecule has 0 bridgehead atoms. The summed E-state index contributed by atoms with van der Waals surface area (Å²) in [5, 5.41) is 11.2. The number of nitrogens with zero attached hydrogens (tertiary/aromatic N) is 3. The second-order valence-corrected chi connectivity index (χ2v) is 5.39. The van der Waals surface area contributed by atoms with Crippen molar-refractivity contribution in [3.8, 4) is 0 Å². The number of aromatic nitrogens is 2. The number of hydrogen-bond acceptors (Lipinski definition) is 5. The molecule has 2 aliphatic rings. The summed E-state index contributed by atoms with van der Waals surface area (Å²) >= 11 is 0. The molecule has 3 rings (SSSR count). The summed E-state index contributed by atoms with van der Waals surface area (Å²) in [6.07, 6.45) is 6.82. The summed E-state index contributed by atoms with van der Waals surface area (Å²) < 4.78 is 5.65. The number of rotatable bonds is 3. The quantitative estimate of drug-likeness (QED) is 0.863. The van der Waals surface area contributed by atoms with E-state index in [1.807, 2.05) is 7.05 Å². The van der Waals surface area contributed by atoms with Crippen molar-refractivity contribution < 1.29 is 4.42 Å². The Labute approximate surface area is 102 Å². The minimum Gasteiger partial charge on any atom is -0.407 e. The van der Waals surface area contributed by atoms with Gasteiger partial charge in [-0.2, -0.15) is 0 Å². The first kappa shape index (κ1) is 11.0. The Morgan fingerprint density at radius 3 is 2.88 bits per heavy atom. The number of anilines is 1. The lowest BCUT2D eigenvalue weighted by atomic mass is 9.86. The first-order valence-electron chi connectivity index (χ1n) is 6.53. The van der Waals surface area contributed by atoms with Crippen LogP contribution in [0.15, 0.2) is 4.42 Å². The fraction of sp³-hybridized carbons (Fsp3) is 0.833. The van der Waals surface area contributed by atoms with Crippen molar-refractivity contribution in [2.24, 2.45) is 5.41 Å². The molecule has 94 valence electrons. The van der Waals surface area contributed by atoms with Gasteiger partial charge >= 0.3 is 6.01 Å². The molecule has 5 heteroatoms. The molecule has 17 heavy (non-hydrogen) atoms. The van der Waals surface area contributed by atoms with Gasteiger partial charge in [0, 0.05) is 13.1 Å². The van der Waals surface area contributed by atoms with Crippen LogP contribution in [0.3, 0.4) is 0 Å². The predicted molar refractivity (Wildman–Crippen MR) is 64.8 cm³/mol. The summed E-state index contributed by atoms with van der Waals surface area (Å²) in [4.78, 5) is 2.26. The Balaban J connectivity index is 1.68. The van der Waals surface area contributed by atoms with Gasteiger partial charge in [-0.3, -0.25) is 0 Å². The minimum absolute atomic E-state index is 0.553. The molecule has 1 aromatic rings. The zero-order valence-corrected chi connectivity index (χ0v) is 10.4. The van der Waals surface area contributed by atoms with E-state index in [1.165, 1.54) is 32.1 Å². The van der Waals surface area contributed by atoms with E-state index in [-0.39, 0.29) is 0 Å². The normalized spacial score (nSPS) is 22.8. The molecule has 0 atom stereocenters. The highest BCUT2D eigenvalue weighted by molar-refractivity contribution is 5.28. The van der Waals surface area contributed by atoms with E-state index in [9.17, 15) is 0 Å². The second-order valence-electron chi connectivity index (χ2n) is 5.39. The Bertz CT molecular complexity index is 384. The van der Waals surface area contributed by atoms with Gasteiger partial charge in [0.15, 0.2) is 0 Å². The van der Waals surface area contributed by atoms with Crippen LogP contribution in [0.4, 0.5) is 6.01 Å². The molecule has 1 saturated carbocycles. The SMILES string of the molecule is CNCc1nnc(N2CCC3(CCCC3)C2)o1. The number of hydrogen-bond donors (Lipinski definition) is 1. The van der Waals surface area contributed by atoms with E-state index in [0.29, 0.717) is 23.9 Å². The van der Waals surface area contributed by atoms with Crippen molar-refractivity contribution in [2.45, 2.75) is 38.6 Å². The molecule has 0 amide bonds. The molecule has 1 aromatic heterocycles. The van der Waals surface area contributed by atoms with Crippen LogP contribution in [0.25, 0.3) is 0 Å². The summed E-state index contributed by atoms with van der Waals surface area (Å²) in [6, 6.07) is 0.707. The van der Waals surface area contributed by atoms with Crippen LogP contribution in [-0.4, -0.2) is 30.3 Å². The van der Waals surface area contributed by atoms with Gasteiger partial charge < -0.3 is 14.6 Å². The van der Waals surface area contributed by atoms with Gasteiger partial charge in [-0.15, -0.1) is 5.10 Å². The van der Waals surface area contributed by atoms with Gasteiger partial charge in [0.25, 0.3) is 0 Å². The molecule has 1 saturated heterocycles. The highest BCUT2D eigenvalue weighted by atomic mass is 16.4. The van der Waals surface area contributed by atoms with Gasteiger partial charge in [-0.25, -0.2) is 0 Å². The maximum atomic E-state index is 5.65. The topological polar surface area (TPSA) is 54.2 Å².